The van der Waals surface area contributed by atoms with Crippen LogP contribution in [0.4, 0.5) is 24.5 Å². The molecule has 1 heterocycles. The highest BCUT2D eigenvalue weighted by atomic mass is 79.9. The highest BCUT2D eigenvalue weighted by Gasteiger charge is 2.36. The minimum absolute atomic E-state index is 0.0417. The van der Waals surface area contributed by atoms with Crippen LogP contribution in [0, 0.1) is 0 Å². The zero-order valence-electron chi connectivity index (χ0n) is 19.5. The Morgan fingerprint density at radius 1 is 1.05 bits per heavy atom. The Balaban J connectivity index is 1.56. The molecule has 1 unspecified atom stereocenters. The predicted octanol–water partition coefficient (Wildman–Crippen LogP) is 7.06. The number of rotatable bonds is 7. The Hall–Kier alpha value is -3.11. The number of aliphatic imine (C=N–C) groups is 1. The molecule has 192 valence electrons. The van der Waals surface area contributed by atoms with E-state index in [9.17, 15) is 22.8 Å². The third kappa shape index (κ3) is 7.45. The fourth-order valence-corrected chi connectivity index (χ4v) is 5.15. The molecule has 0 bridgehead atoms. The van der Waals surface area contributed by atoms with Crippen LogP contribution >= 0.6 is 27.7 Å². The SMILES string of the molecule is O=C(Nc1ccc(Br)cc1)C1CC(=O)N(CCCc2ccccc2)C(=Nc2cccc(C(F)(F)F)c2)S1. The molecule has 3 aromatic carbocycles. The summed E-state index contributed by atoms with van der Waals surface area (Å²) in [5.41, 5.74) is 0.916. The number of halogens is 4. The van der Waals surface area contributed by atoms with Crippen molar-refractivity contribution in [2.45, 2.75) is 30.7 Å². The number of amides is 2. The summed E-state index contributed by atoms with van der Waals surface area (Å²) in [6.45, 7) is 0.333. The number of hydrogen-bond acceptors (Lipinski definition) is 4. The fourth-order valence-electron chi connectivity index (χ4n) is 3.77. The number of aryl methyl sites for hydroxylation is 1. The predicted molar refractivity (Wildman–Crippen MR) is 144 cm³/mol. The van der Waals surface area contributed by atoms with Crippen molar-refractivity contribution in [1.29, 1.82) is 0 Å². The first-order valence-electron chi connectivity index (χ1n) is 11.5. The van der Waals surface area contributed by atoms with Crippen molar-refractivity contribution in [1.82, 2.24) is 4.90 Å². The van der Waals surface area contributed by atoms with Crippen molar-refractivity contribution >= 4 is 56.0 Å². The number of alkyl halides is 3. The van der Waals surface area contributed by atoms with Gasteiger partial charge in [-0.25, -0.2) is 4.99 Å². The second-order valence-corrected chi connectivity index (χ2v) is 10.5. The summed E-state index contributed by atoms with van der Waals surface area (Å²) in [7, 11) is 0. The van der Waals surface area contributed by atoms with Crippen molar-refractivity contribution in [3.8, 4) is 0 Å². The van der Waals surface area contributed by atoms with Gasteiger partial charge >= 0.3 is 6.18 Å². The van der Waals surface area contributed by atoms with Crippen LogP contribution in [0.1, 0.15) is 24.0 Å². The van der Waals surface area contributed by atoms with Crippen LogP contribution in [0.2, 0.25) is 0 Å². The van der Waals surface area contributed by atoms with E-state index in [-0.39, 0.29) is 29.1 Å². The van der Waals surface area contributed by atoms with Crippen LogP contribution in [0.5, 0.6) is 0 Å². The average Bonchev–Trinajstić information content (AvgIpc) is 2.87. The van der Waals surface area contributed by atoms with E-state index < -0.39 is 17.0 Å². The Kier molecular flexibility index (Phi) is 8.71. The standard InChI is InChI=1S/C27H23BrF3N3O2S/c28-20-11-13-21(14-12-20)32-25(36)23-17-24(35)34(15-5-8-18-6-2-1-3-7-18)26(37-23)33-22-10-4-9-19(16-22)27(29,30)31/h1-4,6-7,9-14,16,23H,5,8,15,17H2,(H,32,36). The van der Waals surface area contributed by atoms with E-state index in [2.05, 4.69) is 26.2 Å². The highest BCUT2D eigenvalue weighted by Crippen LogP contribution is 2.34. The van der Waals surface area contributed by atoms with Gasteiger partial charge in [0, 0.05) is 23.1 Å². The normalized spacial score (nSPS) is 17.2. The van der Waals surface area contributed by atoms with E-state index in [0.717, 1.165) is 40.4 Å². The first kappa shape index (κ1) is 26.9. The Morgan fingerprint density at radius 3 is 2.49 bits per heavy atom. The molecule has 37 heavy (non-hydrogen) atoms. The molecule has 0 saturated carbocycles. The van der Waals surface area contributed by atoms with E-state index in [1.54, 1.807) is 24.3 Å². The number of benzene rings is 3. The second kappa shape index (κ2) is 12.0. The molecule has 0 aromatic heterocycles. The third-order valence-electron chi connectivity index (χ3n) is 5.63. The van der Waals surface area contributed by atoms with Crippen LogP contribution in [-0.2, 0) is 22.2 Å². The summed E-state index contributed by atoms with van der Waals surface area (Å²) in [5, 5.41) is 2.23. The first-order valence-corrected chi connectivity index (χ1v) is 13.2. The van der Waals surface area contributed by atoms with Crippen molar-refractivity contribution < 1.29 is 22.8 Å². The number of anilines is 1. The van der Waals surface area contributed by atoms with Gasteiger partial charge in [-0.3, -0.25) is 14.5 Å². The molecule has 1 fully saturated rings. The maximum Gasteiger partial charge on any atom is 0.416 e. The van der Waals surface area contributed by atoms with Crippen LogP contribution in [0.3, 0.4) is 0 Å². The molecule has 1 aliphatic heterocycles. The summed E-state index contributed by atoms with van der Waals surface area (Å²) < 4.78 is 40.6. The molecule has 0 radical (unpaired) electrons. The zero-order chi connectivity index (χ0) is 26.4. The number of nitrogens with zero attached hydrogens (tertiary/aromatic N) is 2. The number of thioether (sulfide) groups is 1. The van der Waals surface area contributed by atoms with Crippen LogP contribution in [0.15, 0.2) is 88.3 Å². The number of carbonyl (C=O) groups excluding carboxylic acids is 2. The van der Waals surface area contributed by atoms with E-state index in [0.29, 0.717) is 18.7 Å². The molecule has 1 N–H and O–H groups in total. The Morgan fingerprint density at radius 2 is 1.78 bits per heavy atom. The molecular weight excluding hydrogens is 567 g/mol. The van der Waals surface area contributed by atoms with Gasteiger partial charge in [0.15, 0.2) is 5.17 Å². The van der Waals surface area contributed by atoms with Crippen molar-refractivity contribution in [2.24, 2.45) is 4.99 Å². The molecule has 5 nitrogen and oxygen atoms in total. The summed E-state index contributed by atoms with van der Waals surface area (Å²) in [6, 6.07) is 21.4. The fraction of sp³-hybridized carbons (Fsp3) is 0.222. The Bertz CT molecular complexity index is 1280. The smallest absolute Gasteiger partial charge is 0.325 e. The lowest BCUT2D eigenvalue weighted by Gasteiger charge is -2.32. The van der Waals surface area contributed by atoms with E-state index >= 15 is 0 Å². The van der Waals surface area contributed by atoms with Crippen molar-refractivity contribution in [3.05, 3.63) is 94.5 Å². The first-order chi connectivity index (χ1) is 17.7. The van der Waals surface area contributed by atoms with Gasteiger partial charge in [-0.15, -0.1) is 0 Å². The lowest BCUT2D eigenvalue weighted by atomic mass is 10.1. The molecule has 1 aliphatic rings. The van der Waals surface area contributed by atoms with Gasteiger partial charge in [0.1, 0.15) is 5.25 Å². The number of carbonyl (C=O) groups is 2. The van der Waals surface area contributed by atoms with Crippen molar-refractivity contribution in [3.63, 3.8) is 0 Å². The minimum atomic E-state index is -4.52. The molecule has 10 heteroatoms. The topological polar surface area (TPSA) is 61.8 Å². The van der Waals surface area contributed by atoms with Gasteiger partial charge in [-0.2, -0.15) is 13.2 Å². The monoisotopic (exact) mass is 589 g/mol. The van der Waals surface area contributed by atoms with E-state index in [4.69, 9.17) is 0 Å². The molecular formula is C27H23BrF3N3O2S. The minimum Gasteiger partial charge on any atom is -0.325 e. The maximum absolute atomic E-state index is 13.2. The molecule has 1 atom stereocenters. The molecule has 0 spiro atoms. The Labute approximate surface area is 225 Å². The van der Waals surface area contributed by atoms with Gasteiger partial charge in [-0.1, -0.05) is 64.1 Å². The van der Waals surface area contributed by atoms with Gasteiger partial charge in [-0.05, 0) is 60.9 Å². The van der Waals surface area contributed by atoms with E-state index in [1.807, 2.05) is 30.3 Å². The average molecular weight is 590 g/mol. The summed E-state index contributed by atoms with van der Waals surface area (Å²) >= 11 is 4.42. The molecule has 4 rings (SSSR count). The molecule has 1 saturated heterocycles. The van der Waals surface area contributed by atoms with Crippen molar-refractivity contribution in [2.75, 3.05) is 11.9 Å². The number of nitrogens with one attached hydrogen (secondary N) is 1. The largest absolute Gasteiger partial charge is 0.416 e. The quantitative estimate of drug-likeness (QED) is 0.321. The summed E-state index contributed by atoms with van der Waals surface area (Å²) in [4.78, 5) is 32.0. The van der Waals surface area contributed by atoms with Gasteiger partial charge in [0.25, 0.3) is 0 Å². The lowest BCUT2D eigenvalue weighted by Crippen LogP contribution is -2.45. The summed E-state index contributed by atoms with van der Waals surface area (Å²) in [5.74, 6) is -0.671. The second-order valence-electron chi connectivity index (χ2n) is 8.38. The maximum atomic E-state index is 13.2. The van der Waals surface area contributed by atoms with Gasteiger partial charge in [0.05, 0.1) is 11.3 Å². The van der Waals surface area contributed by atoms with Gasteiger partial charge in [0.2, 0.25) is 11.8 Å². The zero-order valence-corrected chi connectivity index (χ0v) is 21.9. The number of amidine groups is 1. The number of hydrogen-bond donors (Lipinski definition) is 1. The van der Waals surface area contributed by atoms with Crippen LogP contribution < -0.4 is 5.32 Å². The van der Waals surface area contributed by atoms with Gasteiger partial charge < -0.3 is 5.32 Å². The molecule has 3 aromatic rings. The van der Waals surface area contributed by atoms with E-state index in [1.165, 1.54) is 17.0 Å². The molecule has 0 aliphatic carbocycles. The third-order valence-corrected chi connectivity index (χ3v) is 7.35. The van der Waals surface area contributed by atoms with Crippen LogP contribution in [-0.4, -0.2) is 33.7 Å². The summed E-state index contributed by atoms with van der Waals surface area (Å²) in [6.07, 6.45) is -3.21. The molecule has 2 amide bonds. The highest BCUT2D eigenvalue weighted by molar-refractivity contribution is 9.10. The lowest BCUT2D eigenvalue weighted by molar-refractivity contribution is -0.137. The van der Waals surface area contributed by atoms with Crippen LogP contribution in [0.25, 0.3) is 0 Å².